The van der Waals surface area contributed by atoms with Gasteiger partial charge in [-0.1, -0.05) is 6.07 Å². The quantitative estimate of drug-likeness (QED) is 0.544. The van der Waals surface area contributed by atoms with Crippen LogP contribution in [0.4, 0.5) is 5.69 Å². The zero-order valence-corrected chi connectivity index (χ0v) is 12.8. The topological polar surface area (TPSA) is 107 Å². The molecule has 21 heavy (non-hydrogen) atoms. The molecule has 1 aliphatic carbocycles. The number of halogens is 1. The lowest BCUT2D eigenvalue weighted by atomic mass is 10.2. The summed E-state index contributed by atoms with van der Waals surface area (Å²) in [5.41, 5.74) is 5.21. The number of rotatable bonds is 8. The normalized spacial score (nSPS) is 15.5. The summed E-state index contributed by atoms with van der Waals surface area (Å²) in [6.07, 6.45) is 2.45. The van der Waals surface area contributed by atoms with Gasteiger partial charge in [-0.15, -0.1) is 0 Å². The fourth-order valence-electron chi connectivity index (χ4n) is 1.91. The van der Waals surface area contributed by atoms with Crippen LogP contribution in [0, 0.1) is 10.1 Å². The van der Waals surface area contributed by atoms with Crippen molar-refractivity contribution in [1.82, 2.24) is 5.32 Å². The van der Waals surface area contributed by atoms with E-state index in [9.17, 15) is 14.9 Å². The lowest BCUT2D eigenvalue weighted by Gasteiger charge is -2.15. The van der Waals surface area contributed by atoms with Gasteiger partial charge in [-0.2, -0.15) is 0 Å². The molecule has 0 saturated heterocycles. The molecule has 1 fully saturated rings. The molecule has 7 nitrogen and oxygen atoms in total. The second kappa shape index (κ2) is 6.86. The molecule has 114 valence electrons. The Bertz CT molecular complexity index is 548. The summed E-state index contributed by atoms with van der Waals surface area (Å²) < 4.78 is 5.98. The number of para-hydroxylation sites is 1. The van der Waals surface area contributed by atoms with Crippen molar-refractivity contribution in [2.24, 2.45) is 5.73 Å². The Morgan fingerprint density at radius 2 is 2.29 bits per heavy atom. The first-order valence-corrected chi connectivity index (χ1v) is 7.39. The van der Waals surface area contributed by atoms with Crippen molar-refractivity contribution in [3.8, 4) is 5.75 Å². The molecule has 0 aromatic heterocycles. The van der Waals surface area contributed by atoms with Crippen LogP contribution in [0.3, 0.4) is 0 Å². The highest BCUT2D eigenvalue weighted by atomic mass is 79.9. The van der Waals surface area contributed by atoms with E-state index < -0.39 is 16.9 Å². The van der Waals surface area contributed by atoms with Crippen molar-refractivity contribution in [2.45, 2.75) is 31.3 Å². The van der Waals surface area contributed by atoms with Crippen LogP contribution in [0.15, 0.2) is 22.7 Å². The summed E-state index contributed by atoms with van der Waals surface area (Å²) in [5, 5.41) is 14.1. The molecule has 1 amide bonds. The van der Waals surface area contributed by atoms with Crippen LogP contribution < -0.4 is 15.8 Å². The molecule has 1 aliphatic rings. The van der Waals surface area contributed by atoms with Crippen LogP contribution in [0.1, 0.15) is 19.3 Å². The molecular weight excluding hydrogens is 342 g/mol. The monoisotopic (exact) mass is 357 g/mol. The van der Waals surface area contributed by atoms with Gasteiger partial charge in [0.25, 0.3) is 0 Å². The number of nitro groups is 1. The zero-order valence-electron chi connectivity index (χ0n) is 11.3. The minimum Gasteiger partial charge on any atom is -0.486 e. The average Bonchev–Trinajstić information content (AvgIpc) is 3.22. The van der Waals surface area contributed by atoms with Crippen LogP contribution in [-0.4, -0.2) is 29.5 Å². The second-order valence-corrected chi connectivity index (χ2v) is 5.73. The first-order valence-electron chi connectivity index (χ1n) is 6.60. The number of nitrogens with zero attached hydrogens (tertiary/aromatic N) is 1. The molecule has 1 aromatic rings. The van der Waals surface area contributed by atoms with E-state index >= 15 is 0 Å². The Labute approximate surface area is 130 Å². The Morgan fingerprint density at radius 1 is 1.57 bits per heavy atom. The second-order valence-electron chi connectivity index (χ2n) is 4.88. The van der Waals surface area contributed by atoms with Crippen LogP contribution in [0.5, 0.6) is 5.75 Å². The zero-order chi connectivity index (χ0) is 15.4. The van der Waals surface area contributed by atoms with E-state index in [0.717, 1.165) is 12.8 Å². The SMILES string of the molecule is NC(=O)C(CCOc1c(Br)cccc1[N+](=O)[O-])NC1CC1. The molecule has 0 heterocycles. The largest absolute Gasteiger partial charge is 0.486 e. The molecule has 8 heteroatoms. The predicted octanol–water partition coefficient (Wildman–Crippen LogP) is 1.73. The number of hydrogen-bond acceptors (Lipinski definition) is 5. The number of carbonyl (C=O) groups is 1. The first-order chi connectivity index (χ1) is 9.99. The smallest absolute Gasteiger partial charge is 0.312 e. The number of ether oxygens (including phenoxy) is 1. The number of nitrogens with one attached hydrogen (secondary N) is 1. The Morgan fingerprint density at radius 3 is 2.86 bits per heavy atom. The molecule has 1 atom stereocenters. The third-order valence-electron chi connectivity index (χ3n) is 3.15. The van der Waals surface area contributed by atoms with Crippen molar-refractivity contribution in [3.05, 3.63) is 32.8 Å². The maximum atomic E-state index is 11.3. The molecule has 0 aliphatic heterocycles. The minimum absolute atomic E-state index is 0.116. The molecule has 1 saturated carbocycles. The summed E-state index contributed by atoms with van der Waals surface area (Å²) in [5.74, 6) is -0.274. The molecule has 1 unspecified atom stereocenters. The third-order valence-corrected chi connectivity index (χ3v) is 3.78. The summed E-state index contributed by atoms with van der Waals surface area (Å²) in [6, 6.07) is 4.47. The fraction of sp³-hybridized carbons (Fsp3) is 0.462. The number of hydrogen-bond donors (Lipinski definition) is 2. The number of primary amides is 1. The van der Waals surface area contributed by atoms with E-state index in [0.29, 0.717) is 16.9 Å². The van der Waals surface area contributed by atoms with Gasteiger partial charge in [-0.05, 0) is 34.8 Å². The van der Waals surface area contributed by atoms with Gasteiger partial charge in [0.05, 0.1) is 22.0 Å². The van der Waals surface area contributed by atoms with Crippen molar-refractivity contribution in [2.75, 3.05) is 6.61 Å². The van der Waals surface area contributed by atoms with Crippen LogP contribution in [-0.2, 0) is 4.79 Å². The van der Waals surface area contributed by atoms with Crippen molar-refractivity contribution in [1.29, 1.82) is 0 Å². The maximum absolute atomic E-state index is 11.3. The van der Waals surface area contributed by atoms with Gasteiger partial charge in [-0.3, -0.25) is 14.9 Å². The van der Waals surface area contributed by atoms with Crippen molar-refractivity contribution in [3.63, 3.8) is 0 Å². The van der Waals surface area contributed by atoms with Gasteiger partial charge in [0.2, 0.25) is 11.7 Å². The van der Waals surface area contributed by atoms with E-state index in [1.54, 1.807) is 12.1 Å². The van der Waals surface area contributed by atoms with Crippen LogP contribution in [0.25, 0.3) is 0 Å². The highest BCUT2D eigenvalue weighted by Crippen LogP contribution is 2.34. The van der Waals surface area contributed by atoms with Gasteiger partial charge in [0, 0.05) is 18.5 Å². The van der Waals surface area contributed by atoms with E-state index in [1.165, 1.54) is 6.07 Å². The van der Waals surface area contributed by atoms with Crippen LogP contribution in [0.2, 0.25) is 0 Å². The fourth-order valence-corrected chi connectivity index (χ4v) is 2.38. The standard InChI is InChI=1S/C13H16BrN3O4/c14-9-2-1-3-11(17(19)20)12(9)21-7-6-10(13(15)18)16-8-4-5-8/h1-3,8,10,16H,4-7H2,(H2,15,18). The molecular formula is C13H16BrN3O4. The lowest BCUT2D eigenvalue weighted by Crippen LogP contribution is -2.43. The molecule has 0 radical (unpaired) electrons. The van der Waals surface area contributed by atoms with Gasteiger partial charge < -0.3 is 15.8 Å². The van der Waals surface area contributed by atoms with Gasteiger partial charge in [0.15, 0.2) is 0 Å². The van der Waals surface area contributed by atoms with E-state index in [1.807, 2.05) is 0 Å². The van der Waals surface area contributed by atoms with Gasteiger partial charge in [0.1, 0.15) is 0 Å². The summed E-state index contributed by atoms with van der Waals surface area (Å²) in [6.45, 7) is 0.163. The highest BCUT2D eigenvalue weighted by molar-refractivity contribution is 9.10. The Kier molecular flexibility index (Phi) is 5.13. The minimum atomic E-state index is -0.506. The number of carbonyl (C=O) groups excluding carboxylic acids is 1. The summed E-state index contributed by atoms with van der Waals surface area (Å²) in [7, 11) is 0. The van der Waals surface area contributed by atoms with E-state index in [-0.39, 0.29) is 18.0 Å². The summed E-state index contributed by atoms with van der Waals surface area (Å²) in [4.78, 5) is 21.8. The Hall–Kier alpha value is -1.67. The van der Waals surface area contributed by atoms with Crippen molar-refractivity contribution >= 4 is 27.5 Å². The number of nitro benzene ring substituents is 1. The molecule has 2 rings (SSSR count). The number of amides is 1. The molecule has 1 aromatic carbocycles. The third kappa shape index (κ3) is 4.40. The van der Waals surface area contributed by atoms with E-state index in [4.69, 9.17) is 10.5 Å². The average molecular weight is 358 g/mol. The predicted molar refractivity (Wildman–Crippen MR) is 80.0 cm³/mol. The lowest BCUT2D eigenvalue weighted by molar-refractivity contribution is -0.386. The molecule has 0 spiro atoms. The van der Waals surface area contributed by atoms with Gasteiger partial charge >= 0.3 is 5.69 Å². The molecule has 3 N–H and O–H groups in total. The molecule has 0 bridgehead atoms. The van der Waals surface area contributed by atoms with Crippen LogP contribution >= 0.6 is 15.9 Å². The first kappa shape index (κ1) is 15.7. The maximum Gasteiger partial charge on any atom is 0.312 e. The Balaban J connectivity index is 1.95. The highest BCUT2D eigenvalue weighted by Gasteiger charge is 2.27. The summed E-state index contributed by atoms with van der Waals surface area (Å²) >= 11 is 3.23. The number of nitrogens with two attached hydrogens (primary N) is 1. The van der Waals surface area contributed by atoms with Crippen molar-refractivity contribution < 1.29 is 14.5 Å². The van der Waals surface area contributed by atoms with E-state index in [2.05, 4.69) is 21.2 Å². The van der Waals surface area contributed by atoms with Gasteiger partial charge in [-0.25, -0.2) is 0 Å². The number of benzene rings is 1.